The van der Waals surface area contributed by atoms with E-state index in [-0.39, 0.29) is 67.4 Å². The Bertz CT molecular complexity index is 3170. The summed E-state index contributed by atoms with van der Waals surface area (Å²) in [5.41, 5.74) is 8.43. The fraction of sp³-hybridized carbons (Fsp3) is 0.707. The molecule has 1 saturated carbocycles. The summed E-state index contributed by atoms with van der Waals surface area (Å²) >= 11 is 0. The molecule has 103 heavy (non-hydrogen) atoms. The molecule has 0 radical (unpaired) electrons. The van der Waals surface area contributed by atoms with Crippen LogP contribution in [-0.2, 0) is 73.1 Å². The Morgan fingerprint density at radius 2 is 1.42 bits per heavy atom. The van der Waals surface area contributed by atoms with Crippen LogP contribution in [0.25, 0.3) is 0 Å². The second kappa shape index (κ2) is 41.7. The number of aromatic nitrogens is 4. The number of aliphatic hydroxyl groups is 2. The van der Waals surface area contributed by atoms with Gasteiger partial charge in [0.1, 0.15) is 36.3 Å². The van der Waals surface area contributed by atoms with Gasteiger partial charge in [-0.05, 0) is 114 Å². The number of nitrogens with two attached hydrogens (primary N) is 1. The number of ketones is 2. The van der Waals surface area contributed by atoms with Gasteiger partial charge in [-0.3, -0.25) is 19.2 Å². The Morgan fingerprint density at radius 3 is 2.09 bits per heavy atom. The molecule has 28 nitrogen and oxygen atoms in total. The van der Waals surface area contributed by atoms with Crippen molar-refractivity contribution in [3.63, 3.8) is 0 Å². The maximum Gasteiger partial charge on any atom is 0.407 e. The predicted octanol–water partition coefficient (Wildman–Crippen LogP) is 6.85. The summed E-state index contributed by atoms with van der Waals surface area (Å²) in [5, 5.41) is 29.6. The largest absolute Gasteiger partial charge is 0.460 e. The van der Waals surface area contributed by atoms with Crippen molar-refractivity contribution in [2.24, 2.45) is 35.5 Å². The van der Waals surface area contributed by atoms with Gasteiger partial charge in [-0.25, -0.2) is 24.5 Å². The van der Waals surface area contributed by atoms with E-state index in [1.54, 1.807) is 47.6 Å². The van der Waals surface area contributed by atoms with E-state index < -0.39 is 108 Å². The minimum absolute atomic E-state index is 0.00856. The van der Waals surface area contributed by atoms with E-state index in [1.165, 1.54) is 18.2 Å². The van der Waals surface area contributed by atoms with Gasteiger partial charge in [0.15, 0.2) is 5.78 Å². The second-order valence-electron chi connectivity index (χ2n) is 28.2. The Labute approximate surface area is 607 Å². The maximum atomic E-state index is 14.9. The summed E-state index contributed by atoms with van der Waals surface area (Å²) in [4.78, 5) is 108. The summed E-state index contributed by atoms with van der Waals surface area (Å²) in [5.74, 6) is -6.80. The van der Waals surface area contributed by atoms with Crippen molar-refractivity contribution in [2.75, 3.05) is 123 Å². The predicted molar refractivity (Wildman–Crippen MR) is 385 cm³/mol. The maximum absolute atomic E-state index is 14.9. The molecule has 0 spiro atoms. The van der Waals surface area contributed by atoms with E-state index in [2.05, 4.69) is 30.6 Å². The first-order valence-electron chi connectivity index (χ1n) is 36.8. The van der Waals surface area contributed by atoms with E-state index in [4.69, 9.17) is 53.1 Å². The average Bonchev–Trinajstić information content (AvgIpc) is 0.774. The van der Waals surface area contributed by atoms with Gasteiger partial charge in [0.05, 0.1) is 63.0 Å². The molecule has 2 aromatic heterocycles. The minimum atomic E-state index is -2.46. The molecule has 16 atom stereocenters. The number of piperazine rings is 1. The molecule has 2 aromatic rings. The molecule has 3 saturated heterocycles. The Morgan fingerprint density at radius 1 is 0.738 bits per heavy atom. The number of piperidine rings is 1. The molecule has 7 rings (SSSR count). The monoisotopic (exact) mass is 1440 g/mol. The molecule has 5 aliphatic rings. The van der Waals surface area contributed by atoms with E-state index in [1.807, 2.05) is 87.8 Å². The van der Waals surface area contributed by atoms with Gasteiger partial charge >= 0.3 is 12.1 Å². The lowest BCUT2D eigenvalue weighted by Crippen LogP contribution is -2.61. The van der Waals surface area contributed by atoms with Gasteiger partial charge in [-0.15, -0.1) is 0 Å². The summed E-state index contributed by atoms with van der Waals surface area (Å²) in [6.07, 6.45) is 15.1. The summed E-state index contributed by atoms with van der Waals surface area (Å²) in [6.45, 7) is 20.5. The van der Waals surface area contributed by atoms with Crippen molar-refractivity contribution < 1.29 is 86.3 Å². The quantitative estimate of drug-likeness (QED) is 0.0328. The number of amides is 3. The van der Waals surface area contributed by atoms with Crippen LogP contribution in [0.15, 0.2) is 66.2 Å². The number of nitrogens with zero attached hydrogens (tertiary/aromatic N) is 7. The first-order chi connectivity index (χ1) is 49.4. The van der Waals surface area contributed by atoms with E-state index in [0.717, 1.165) is 5.57 Å². The van der Waals surface area contributed by atoms with Gasteiger partial charge in [0, 0.05) is 136 Å². The minimum Gasteiger partial charge on any atom is -0.460 e. The number of methoxy groups -OCH3 is 4. The normalized spacial score (nSPS) is 31.3. The van der Waals surface area contributed by atoms with Crippen LogP contribution in [0.1, 0.15) is 148 Å². The van der Waals surface area contributed by atoms with Crippen molar-refractivity contribution in [2.45, 2.75) is 200 Å². The van der Waals surface area contributed by atoms with Gasteiger partial charge < -0.3 is 88.6 Å². The number of anilines is 3. The average molecular weight is 1450 g/mol. The highest BCUT2D eigenvalue weighted by molar-refractivity contribution is 6.39. The number of esters is 1. The van der Waals surface area contributed by atoms with Gasteiger partial charge in [-0.1, -0.05) is 71.1 Å². The number of hydrogen-bond donors (Lipinski definition) is 5. The number of cyclic esters (lactones) is 1. The number of allylic oxidation sites excluding steroid dienone is 5. The number of rotatable bonds is 23. The Kier molecular flexibility index (Phi) is 33.8. The smallest absolute Gasteiger partial charge is 0.407 e. The molecule has 4 aliphatic heterocycles. The third-order valence-electron chi connectivity index (χ3n) is 20.7. The van der Waals surface area contributed by atoms with Crippen molar-refractivity contribution >= 4 is 53.2 Å². The third-order valence-corrected chi connectivity index (χ3v) is 20.7. The molecule has 2 bridgehead atoms. The van der Waals surface area contributed by atoms with Crippen molar-refractivity contribution in [3.8, 4) is 0 Å². The third kappa shape index (κ3) is 24.1. The molecule has 28 heteroatoms. The van der Waals surface area contributed by atoms with Crippen LogP contribution < -0.4 is 26.2 Å². The summed E-state index contributed by atoms with van der Waals surface area (Å²) in [7, 11) is 6.14. The molecule has 6 heterocycles. The lowest BCUT2D eigenvalue weighted by atomic mass is 9.78. The molecule has 4 fully saturated rings. The highest BCUT2D eigenvalue weighted by atomic mass is 16.6. The molecule has 3 amide bonds. The molecule has 0 aromatic carbocycles. The van der Waals surface area contributed by atoms with Crippen LogP contribution >= 0.6 is 0 Å². The number of Topliss-reactive ketones (excluding diaryl/α,β-unsaturated/α-hetero) is 2. The number of carbonyl (C=O) groups is 6. The molecule has 1 aliphatic carbocycles. The zero-order valence-electron chi connectivity index (χ0n) is 62.7. The molecule has 6 N–H and O–H groups in total. The van der Waals surface area contributed by atoms with Gasteiger partial charge in [-0.2, -0.15) is 4.98 Å². The van der Waals surface area contributed by atoms with Crippen LogP contribution in [0.2, 0.25) is 0 Å². The number of fused-ring (bicyclic) bond motifs is 3. The van der Waals surface area contributed by atoms with E-state index >= 15 is 0 Å². The lowest BCUT2D eigenvalue weighted by molar-refractivity contribution is -0.265. The number of nitrogen functional groups attached to an aromatic ring is 1. The zero-order chi connectivity index (χ0) is 74.8. The van der Waals surface area contributed by atoms with Gasteiger partial charge in [0.25, 0.3) is 17.6 Å². The number of ether oxygens (including phenoxy) is 10. The molecular formula is C75H116N10O18. The van der Waals surface area contributed by atoms with Gasteiger partial charge in [0.2, 0.25) is 17.7 Å². The number of alkyl carbamates (subject to hydrolysis) is 1. The topological polar surface area (TPSA) is 347 Å². The Hall–Kier alpha value is -6.86. The van der Waals surface area contributed by atoms with Crippen LogP contribution in [0, 0.1) is 35.5 Å². The zero-order valence-corrected chi connectivity index (χ0v) is 62.7. The fourth-order valence-corrected chi connectivity index (χ4v) is 14.4. The molecular weight excluding hydrogens is 1330 g/mol. The van der Waals surface area contributed by atoms with Crippen molar-refractivity contribution in [1.82, 2.24) is 35.5 Å². The van der Waals surface area contributed by atoms with Crippen LogP contribution in [0.3, 0.4) is 0 Å². The highest BCUT2D eigenvalue weighted by Crippen LogP contribution is 2.39. The number of carbonyl (C=O) groups excluding carboxylic acids is 6. The summed E-state index contributed by atoms with van der Waals surface area (Å²) < 4.78 is 58.9. The summed E-state index contributed by atoms with van der Waals surface area (Å²) in [6, 6.07) is -1.15. The number of nitrogens with one attached hydrogen (secondary N) is 2. The van der Waals surface area contributed by atoms with E-state index in [0.29, 0.717) is 153 Å². The molecule has 1 unspecified atom stereocenters. The van der Waals surface area contributed by atoms with Crippen LogP contribution in [0.5, 0.6) is 0 Å². The standard InChI is InChI=1S/C75H116N10O18/c1-13-98-33-34-100-36-35-99-32-26-77-69(89)57-46-80-73(82-68(57)76)84-30-28-83(29-31-84)72-78-43-55(44-79-72)45-81-74(92)102-59-25-23-54(40-63(59)96-11)39-50(5)62-42-61(95-10)49(4)38-52(7)65(87)66(97-12)64(86)51(6)37-47(2)19-15-14-16-20-48(3)60(94-9)41-56-24-22-53(8)75(93,103-56)67(88)70(90)85-27-18-17-21-58(85)71(91)101-62/h14-16,19-20,38,43-44,46-47,49-51,53-54,56,58-63,65-66,87,93H,13,17-18,21-37,39-42,45H2,1-12H3,(H,77,89)(H,81,92)(H2,76,80,82)/b16-14+,19-15+,48-20+,52-38+/t47-,49-,50-,51-,53-,54+,56+,58+,59-,60?,61-,62+,63-,65-,66+,75-/m1/s1. The lowest BCUT2D eigenvalue weighted by Gasteiger charge is -2.43. The first kappa shape index (κ1) is 83.4. The van der Waals surface area contributed by atoms with E-state index in [9.17, 15) is 39.0 Å². The van der Waals surface area contributed by atoms with Crippen molar-refractivity contribution in [3.05, 3.63) is 77.3 Å². The second-order valence-corrected chi connectivity index (χ2v) is 28.2. The number of hydrogen-bond acceptors (Lipinski definition) is 25. The molecule has 574 valence electrons. The fourth-order valence-electron chi connectivity index (χ4n) is 14.4. The highest BCUT2D eigenvalue weighted by Gasteiger charge is 2.53. The van der Waals surface area contributed by atoms with Crippen molar-refractivity contribution in [1.29, 1.82) is 0 Å². The first-order valence-corrected chi connectivity index (χ1v) is 36.8. The number of aliphatic hydroxyl groups excluding tert-OH is 1. The SMILES string of the molecule is CCOCCOCCOCCNC(=O)c1cnc(N2CCN(c3ncc(CNC(=O)O[C@@H]4CC[C@@H](C[C@@H](C)[C@@H]5C[C@@H](OC)[C@H](C)/C=C(\C)[C@@H](O)[C@@H](OC)C(=O)[C@H](C)C[C@H](C)/C=C/C=C/C=C(\C)C(OC)C[C@@H]6CC[C@@H](C)[C@@](O)(O6)C(=O)C(=O)N6CCCC[C@H]6C(=O)O5)C[C@H]4OC)cn3)CC2)nc1N. The Balaban J connectivity index is 0.969. The van der Waals surface area contributed by atoms with Crippen LogP contribution in [-0.4, -0.2) is 239 Å². The van der Waals surface area contributed by atoms with Crippen LogP contribution in [0.4, 0.5) is 22.5 Å².